The van der Waals surface area contributed by atoms with Crippen molar-refractivity contribution in [3.8, 4) is 0 Å². The standard InChI is InChI=1S/C13H29NO.ClH/c1-3-4-5-6-7-8-9-10-11-12-13(14)15-2;/h13H,3-12,14H2,1-2H3;1H. The lowest BCUT2D eigenvalue weighted by molar-refractivity contribution is 0.0983. The van der Waals surface area contributed by atoms with Gasteiger partial charge in [0.1, 0.15) is 6.23 Å². The fourth-order valence-corrected chi connectivity index (χ4v) is 1.77. The zero-order valence-electron chi connectivity index (χ0n) is 11.0. The van der Waals surface area contributed by atoms with Crippen LogP contribution in [0.15, 0.2) is 0 Å². The summed E-state index contributed by atoms with van der Waals surface area (Å²) in [5.41, 5.74) is 5.65. The maximum absolute atomic E-state index is 5.65. The lowest BCUT2D eigenvalue weighted by Crippen LogP contribution is -2.21. The third-order valence-corrected chi connectivity index (χ3v) is 2.89. The summed E-state index contributed by atoms with van der Waals surface area (Å²) in [4.78, 5) is 0. The van der Waals surface area contributed by atoms with Crippen LogP contribution in [0.5, 0.6) is 0 Å². The summed E-state index contributed by atoms with van der Waals surface area (Å²) in [5, 5.41) is 0. The minimum Gasteiger partial charge on any atom is -0.367 e. The predicted molar refractivity (Wildman–Crippen MR) is 74.1 cm³/mol. The second kappa shape index (κ2) is 15.2. The number of hydrogen-bond donors (Lipinski definition) is 1. The molecule has 0 saturated heterocycles. The summed E-state index contributed by atoms with van der Waals surface area (Å²) >= 11 is 0. The monoisotopic (exact) mass is 251 g/mol. The molecule has 0 aliphatic carbocycles. The number of rotatable bonds is 11. The SMILES string of the molecule is CCCCCCCCCCCC(N)OC.Cl. The van der Waals surface area contributed by atoms with E-state index in [1.165, 1.54) is 57.8 Å². The Morgan fingerprint density at radius 1 is 0.875 bits per heavy atom. The first-order valence-electron chi connectivity index (χ1n) is 6.59. The van der Waals surface area contributed by atoms with Crippen LogP contribution in [0.25, 0.3) is 0 Å². The van der Waals surface area contributed by atoms with Crippen molar-refractivity contribution < 1.29 is 4.74 Å². The van der Waals surface area contributed by atoms with Crippen molar-refractivity contribution in [3.63, 3.8) is 0 Å². The average molecular weight is 252 g/mol. The van der Waals surface area contributed by atoms with Gasteiger partial charge in [-0.25, -0.2) is 0 Å². The van der Waals surface area contributed by atoms with Crippen LogP contribution in [0, 0.1) is 0 Å². The van der Waals surface area contributed by atoms with Crippen molar-refractivity contribution in [2.24, 2.45) is 5.73 Å². The van der Waals surface area contributed by atoms with Gasteiger partial charge in [-0.2, -0.15) is 0 Å². The van der Waals surface area contributed by atoms with E-state index in [2.05, 4.69) is 6.92 Å². The number of unbranched alkanes of at least 4 members (excludes halogenated alkanes) is 8. The molecule has 0 aromatic heterocycles. The second-order valence-electron chi connectivity index (χ2n) is 4.39. The highest BCUT2D eigenvalue weighted by Crippen LogP contribution is 2.10. The van der Waals surface area contributed by atoms with Crippen LogP contribution in [0.2, 0.25) is 0 Å². The van der Waals surface area contributed by atoms with Gasteiger partial charge in [-0.1, -0.05) is 58.3 Å². The smallest absolute Gasteiger partial charge is 0.105 e. The largest absolute Gasteiger partial charge is 0.367 e. The van der Waals surface area contributed by atoms with Crippen molar-refractivity contribution in [1.82, 2.24) is 0 Å². The molecule has 0 rings (SSSR count). The molecule has 1 unspecified atom stereocenters. The molecule has 0 saturated carbocycles. The Balaban J connectivity index is 0. The molecule has 2 nitrogen and oxygen atoms in total. The van der Waals surface area contributed by atoms with E-state index in [0.717, 1.165) is 6.42 Å². The molecule has 0 spiro atoms. The van der Waals surface area contributed by atoms with Crippen LogP contribution in [0.3, 0.4) is 0 Å². The molecule has 0 fully saturated rings. The second-order valence-corrected chi connectivity index (χ2v) is 4.39. The highest BCUT2D eigenvalue weighted by atomic mass is 35.5. The molecule has 0 amide bonds. The zero-order chi connectivity index (χ0) is 11.4. The number of hydrogen-bond acceptors (Lipinski definition) is 2. The Labute approximate surface area is 108 Å². The van der Waals surface area contributed by atoms with Gasteiger partial charge in [0, 0.05) is 7.11 Å². The van der Waals surface area contributed by atoms with E-state index >= 15 is 0 Å². The minimum atomic E-state index is -0.0467. The Kier molecular flexibility index (Phi) is 17.7. The Morgan fingerprint density at radius 2 is 1.31 bits per heavy atom. The number of methoxy groups -OCH3 is 1. The molecule has 0 aromatic carbocycles. The Bertz CT molecular complexity index is 123. The van der Waals surface area contributed by atoms with Crippen LogP contribution in [-0.2, 0) is 4.74 Å². The van der Waals surface area contributed by atoms with Crippen LogP contribution in [-0.4, -0.2) is 13.3 Å². The molecule has 0 aliphatic rings. The molecule has 0 aromatic rings. The first-order valence-corrected chi connectivity index (χ1v) is 6.59. The first-order chi connectivity index (χ1) is 7.31. The van der Waals surface area contributed by atoms with Gasteiger partial charge in [0.15, 0.2) is 0 Å². The molecule has 100 valence electrons. The lowest BCUT2D eigenvalue weighted by atomic mass is 10.1. The van der Waals surface area contributed by atoms with Gasteiger partial charge in [-0.05, 0) is 12.8 Å². The van der Waals surface area contributed by atoms with E-state index in [-0.39, 0.29) is 18.6 Å². The third kappa shape index (κ3) is 14.2. The summed E-state index contributed by atoms with van der Waals surface area (Å²) in [6.45, 7) is 2.26. The third-order valence-electron chi connectivity index (χ3n) is 2.89. The molecule has 0 aliphatic heterocycles. The zero-order valence-corrected chi connectivity index (χ0v) is 11.9. The molecule has 1 atom stereocenters. The van der Waals surface area contributed by atoms with Gasteiger partial charge in [0.2, 0.25) is 0 Å². The summed E-state index contributed by atoms with van der Waals surface area (Å²) in [7, 11) is 1.68. The quantitative estimate of drug-likeness (QED) is 0.440. The molecular weight excluding hydrogens is 222 g/mol. The minimum absolute atomic E-state index is 0. The van der Waals surface area contributed by atoms with E-state index in [1.54, 1.807) is 7.11 Å². The lowest BCUT2D eigenvalue weighted by Gasteiger charge is -2.08. The van der Waals surface area contributed by atoms with E-state index < -0.39 is 0 Å². The van der Waals surface area contributed by atoms with Gasteiger partial charge in [-0.15, -0.1) is 12.4 Å². The summed E-state index contributed by atoms with van der Waals surface area (Å²) < 4.78 is 5.00. The predicted octanol–water partition coefficient (Wildman–Crippen LogP) is 4.26. The molecule has 0 heterocycles. The molecule has 16 heavy (non-hydrogen) atoms. The molecule has 2 N–H and O–H groups in total. The maximum Gasteiger partial charge on any atom is 0.105 e. The van der Waals surface area contributed by atoms with Gasteiger partial charge in [0.25, 0.3) is 0 Å². The van der Waals surface area contributed by atoms with Gasteiger partial charge in [-0.3, -0.25) is 0 Å². The van der Waals surface area contributed by atoms with Crippen LogP contribution >= 0.6 is 12.4 Å². The first kappa shape index (κ1) is 18.6. The maximum atomic E-state index is 5.65. The molecular formula is C13H30ClNO. The molecule has 3 heteroatoms. The summed E-state index contributed by atoms with van der Waals surface area (Å²) in [6.07, 6.45) is 13.2. The van der Waals surface area contributed by atoms with Crippen LogP contribution in [0.4, 0.5) is 0 Å². The van der Waals surface area contributed by atoms with Crippen LogP contribution < -0.4 is 5.73 Å². The van der Waals surface area contributed by atoms with Gasteiger partial charge >= 0.3 is 0 Å². The number of halogens is 1. The topological polar surface area (TPSA) is 35.2 Å². The average Bonchev–Trinajstić information content (AvgIpc) is 2.26. The molecule has 0 radical (unpaired) electrons. The van der Waals surface area contributed by atoms with E-state index in [1.807, 2.05) is 0 Å². The highest BCUT2D eigenvalue weighted by Gasteiger charge is 1.98. The summed E-state index contributed by atoms with van der Waals surface area (Å²) in [5.74, 6) is 0. The summed E-state index contributed by atoms with van der Waals surface area (Å²) in [6, 6.07) is 0. The van der Waals surface area contributed by atoms with Crippen molar-refractivity contribution in [3.05, 3.63) is 0 Å². The van der Waals surface area contributed by atoms with Crippen LogP contribution in [0.1, 0.15) is 71.1 Å². The van der Waals surface area contributed by atoms with Crippen molar-refractivity contribution in [2.75, 3.05) is 7.11 Å². The normalized spacial score (nSPS) is 12.2. The Hall–Kier alpha value is 0.210. The van der Waals surface area contributed by atoms with E-state index in [4.69, 9.17) is 10.5 Å². The van der Waals surface area contributed by atoms with Gasteiger partial charge in [0.05, 0.1) is 0 Å². The van der Waals surface area contributed by atoms with Crippen molar-refractivity contribution in [2.45, 2.75) is 77.4 Å². The number of nitrogens with two attached hydrogens (primary N) is 1. The highest BCUT2D eigenvalue weighted by molar-refractivity contribution is 5.85. The Morgan fingerprint density at radius 3 is 1.75 bits per heavy atom. The van der Waals surface area contributed by atoms with E-state index in [0.29, 0.717) is 0 Å². The van der Waals surface area contributed by atoms with Crippen molar-refractivity contribution in [1.29, 1.82) is 0 Å². The van der Waals surface area contributed by atoms with Gasteiger partial charge < -0.3 is 10.5 Å². The van der Waals surface area contributed by atoms with E-state index in [9.17, 15) is 0 Å². The number of ether oxygens (including phenoxy) is 1. The van der Waals surface area contributed by atoms with Crippen molar-refractivity contribution >= 4 is 12.4 Å². The fraction of sp³-hybridized carbons (Fsp3) is 1.00. The fourth-order valence-electron chi connectivity index (χ4n) is 1.77. The molecule has 0 bridgehead atoms.